The SMILES string of the molecule is COCc1cccc(CNC2CCCC(C)(C)CC2)c1. The van der Waals surface area contributed by atoms with Crippen LogP contribution >= 0.6 is 0 Å². The minimum atomic E-state index is 0.537. The van der Waals surface area contributed by atoms with Crippen LogP contribution in [0.2, 0.25) is 0 Å². The molecule has 2 heteroatoms. The molecule has 0 bridgehead atoms. The number of benzene rings is 1. The minimum Gasteiger partial charge on any atom is -0.380 e. The molecule has 0 heterocycles. The first-order chi connectivity index (χ1) is 9.59. The van der Waals surface area contributed by atoms with Crippen molar-refractivity contribution < 1.29 is 4.74 Å². The lowest BCUT2D eigenvalue weighted by Crippen LogP contribution is -2.28. The van der Waals surface area contributed by atoms with E-state index in [4.69, 9.17) is 4.74 Å². The number of methoxy groups -OCH3 is 1. The fraction of sp³-hybridized carbons (Fsp3) is 0.667. The van der Waals surface area contributed by atoms with Crippen molar-refractivity contribution >= 4 is 0 Å². The van der Waals surface area contributed by atoms with Crippen LogP contribution in [0.1, 0.15) is 57.1 Å². The molecular formula is C18H29NO. The second-order valence-electron chi connectivity index (χ2n) is 6.93. The van der Waals surface area contributed by atoms with Gasteiger partial charge >= 0.3 is 0 Å². The fourth-order valence-electron chi connectivity index (χ4n) is 3.12. The third-order valence-corrected chi connectivity index (χ3v) is 4.47. The van der Waals surface area contributed by atoms with Crippen LogP contribution in [0.4, 0.5) is 0 Å². The molecule has 1 unspecified atom stereocenters. The third kappa shape index (κ3) is 4.92. The molecule has 1 saturated carbocycles. The van der Waals surface area contributed by atoms with Crippen molar-refractivity contribution in [3.05, 3.63) is 35.4 Å². The smallest absolute Gasteiger partial charge is 0.0713 e. The summed E-state index contributed by atoms with van der Waals surface area (Å²) >= 11 is 0. The molecule has 1 aliphatic carbocycles. The molecule has 0 spiro atoms. The van der Waals surface area contributed by atoms with Gasteiger partial charge in [0.1, 0.15) is 0 Å². The van der Waals surface area contributed by atoms with E-state index in [1.165, 1.54) is 43.2 Å². The molecule has 1 N–H and O–H groups in total. The Bertz CT molecular complexity index is 414. The minimum absolute atomic E-state index is 0.537. The molecule has 1 aromatic rings. The summed E-state index contributed by atoms with van der Waals surface area (Å²) in [5.74, 6) is 0. The summed E-state index contributed by atoms with van der Waals surface area (Å²) in [6, 6.07) is 9.38. The Kier molecular flexibility index (Phi) is 5.62. The maximum absolute atomic E-state index is 5.20. The Balaban J connectivity index is 1.84. The van der Waals surface area contributed by atoms with Gasteiger partial charge in [-0.25, -0.2) is 0 Å². The lowest BCUT2D eigenvalue weighted by molar-refractivity contribution is 0.185. The number of rotatable bonds is 5. The molecule has 0 saturated heterocycles. The molecule has 0 amide bonds. The highest BCUT2D eigenvalue weighted by Gasteiger charge is 2.23. The van der Waals surface area contributed by atoms with Gasteiger partial charge in [0, 0.05) is 19.7 Å². The maximum atomic E-state index is 5.20. The molecule has 1 aromatic carbocycles. The van der Waals surface area contributed by atoms with Gasteiger partial charge in [0.15, 0.2) is 0 Å². The van der Waals surface area contributed by atoms with Gasteiger partial charge in [0.25, 0.3) is 0 Å². The predicted octanol–water partition coefficient (Wildman–Crippen LogP) is 4.28. The van der Waals surface area contributed by atoms with Crippen molar-refractivity contribution in [3.8, 4) is 0 Å². The molecule has 0 aliphatic heterocycles. The first kappa shape index (κ1) is 15.5. The van der Waals surface area contributed by atoms with Crippen molar-refractivity contribution in [2.45, 2.75) is 65.1 Å². The van der Waals surface area contributed by atoms with Gasteiger partial charge in [-0.05, 0) is 42.2 Å². The van der Waals surface area contributed by atoms with E-state index in [1.54, 1.807) is 7.11 Å². The van der Waals surface area contributed by atoms with Crippen LogP contribution in [-0.2, 0) is 17.9 Å². The topological polar surface area (TPSA) is 21.3 Å². The normalized spacial score (nSPS) is 22.4. The zero-order chi connectivity index (χ0) is 14.4. The molecule has 1 atom stereocenters. The lowest BCUT2D eigenvalue weighted by atomic mass is 9.85. The van der Waals surface area contributed by atoms with Gasteiger partial charge in [-0.1, -0.05) is 44.5 Å². The molecule has 112 valence electrons. The van der Waals surface area contributed by atoms with Gasteiger partial charge in [-0.2, -0.15) is 0 Å². The molecular weight excluding hydrogens is 246 g/mol. The Hall–Kier alpha value is -0.860. The zero-order valence-corrected chi connectivity index (χ0v) is 13.2. The highest BCUT2D eigenvalue weighted by Crippen LogP contribution is 2.33. The lowest BCUT2D eigenvalue weighted by Gasteiger charge is -2.22. The molecule has 1 aliphatic rings. The van der Waals surface area contributed by atoms with Crippen molar-refractivity contribution in [1.82, 2.24) is 5.32 Å². The van der Waals surface area contributed by atoms with Crippen LogP contribution in [0.25, 0.3) is 0 Å². The number of ether oxygens (including phenoxy) is 1. The fourth-order valence-corrected chi connectivity index (χ4v) is 3.12. The van der Waals surface area contributed by atoms with Crippen molar-refractivity contribution in [1.29, 1.82) is 0 Å². The first-order valence-corrected chi connectivity index (χ1v) is 7.89. The molecule has 1 fully saturated rings. The average molecular weight is 275 g/mol. The highest BCUT2D eigenvalue weighted by molar-refractivity contribution is 5.22. The molecule has 0 aromatic heterocycles. The van der Waals surface area contributed by atoms with Gasteiger partial charge in [-0.15, -0.1) is 0 Å². The van der Waals surface area contributed by atoms with Crippen molar-refractivity contribution in [2.75, 3.05) is 7.11 Å². The van der Waals surface area contributed by atoms with E-state index in [9.17, 15) is 0 Å². The van der Waals surface area contributed by atoms with E-state index >= 15 is 0 Å². The Morgan fingerprint density at radius 3 is 2.80 bits per heavy atom. The molecule has 0 radical (unpaired) electrons. The third-order valence-electron chi connectivity index (χ3n) is 4.47. The van der Waals surface area contributed by atoms with Gasteiger partial charge in [0.05, 0.1) is 6.61 Å². The first-order valence-electron chi connectivity index (χ1n) is 7.89. The largest absolute Gasteiger partial charge is 0.380 e. The summed E-state index contributed by atoms with van der Waals surface area (Å²) < 4.78 is 5.20. The standard InChI is InChI=1S/C18H29NO/c1-18(2)10-5-8-17(9-11-18)19-13-15-6-4-7-16(12-15)14-20-3/h4,6-7,12,17,19H,5,8-11,13-14H2,1-3H3. The highest BCUT2D eigenvalue weighted by atomic mass is 16.5. The predicted molar refractivity (Wildman–Crippen MR) is 84.6 cm³/mol. The van der Waals surface area contributed by atoms with E-state index < -0.39 is 0 Å². The van der Waals surface area contributed by atoms with Crippen LogP contribution in [0, 0.1) is 5.41 Å². The Morgan fingerprint density at radius 1 is 1.20 bits per heavy atom. The molecule has 2 nitrogen and oxygen atoms in total. The summed E-state index contributed by atoms with van der Waals surface area (Å²) in [7, 11) is 1.75. The average Bonchev–Trinajstić information content (AvgIpc) is 2.58. The molecule has 2 rings (SSSR count). The Morgan fingerprint density at radius 2 is 2.00 bits per heavy atom. The summed E-state index contributed by atoms with van der Waals surface area (Å²) in [6.07, 6.45) is 6.70. The van der Waals surface area contributed by atoms with Gasteiger partial charge in [-0.3, -0.25) is 0 Å². The van der Waals surface area contributed by atoms with Crippen molar-refractivity contribution in [2.24, 2.45) is 5.41 Å². The van der Waals surface area contributed by atoms with Crippen LogP contribution < -0.4 is 5.32 Å². The summed E-state index contributed by atoms with van der Waals surface area (Å²) in [6.45, 7) is 6.49. The van der Waals surface area contributed by atoms with Gasteiger partial charge < -0.3 is 10.1 Å². The van der Waals surface area contributed by atoms with Crippen LogP contribution in [0.3, 0.4) is 0 Å². The molecule has 20 heavy (non-hydrogen) atoms. The second kappa shape index (κ2) is 7.24. The van der Waals surface area contributed by atoms with E-state index in [1.807, 2.05) is 0 Å². The summed E-state index contributed by atoms with van der Waals surface area (Å²) in [5.41, 5.74) is 3.16. The van der Waals surface area contributed by atoms with E-state index in [2.05, 4.69) is 43.4 Å². The second-order valence-corrected chi connectivity index (χ2v) is 6.93. The van der Waals surface area contributed by atoms with E-state index in [0.29, 0.717) is 18.1 Å². The summed E-state index contributed by atoms with van der Waals surface area (Å²) in [4.78, 5) is 0. The quantitative estimate of drug-likeness (QED) is 0.810. The van der Waals surface area contributed by atoms with Crippen molar-refractivity contribution in [3.63, 3.8) is 0 Å². The van der Waals surface area contributed by atoms with Crippen LogP contribution in [0.5, 0.6) is 0 Å². The Labute approximate surface area is 123 Å². The van der Waals surface area contributed by atoms with Crippen LogP contribution in [0.15, 0.2) is 24.3 Å². The monoisotopic (exact) mass is 275 g/mol. The number of hydrogen-bond acceptors (Lipinski definition) is 2. The van der Waals surface area contributed by atoms with E-state index in [-0.39, 0.29) is 0 Å². The van der Waals surface area contributed by atoms with Gasteiger partial charge in [0.2, 0.25) is 0 Å². The maximum Gasteiger partial charge on any atom is 0.0713 e. The van der Waals surface area contributed by atoms with Crippen LogP contribution in [-0.4, -0.2) is 13.2 Å². The number of hydrogen-bond donors (Lipinski definition) is 1. The summed E-state index contributed by atoms with van der Waals surface area (Å²) in [5, 5.41) is 3.74. The number of nitrogens with one attached hydrogen (secondary N) is 1. The van der Waals surface area contributed by atoms with E-state index in [0.717, 1.165) is 6.54 Å². The zero-order valence-electron chi connectivity index (χ0n) is 13.2.